The fraction of sp³-hybridized carbons (Fsp3) is 1.00. The van der Waals surface area contributed by atoms with Gasteiger partial charge in [0.1, 0.15) is 0 Å². The van der Waals surface area contributed by atoms with E-state index in [0.29, 0.717) is 6.04 Å². The molecule has 2 heteroatoms. The predicted molar refractivity (Wildman–Crippen MR) is 24.2 cm³/mol. The molecule has 36 valence electrons. The quantitative estimate of drug-likeness (QED) is 0.599. The monoisotopic (exact) mass is 163 g/mol. The van der Waals surface area contributed by atoms with Gasteiger partial charge in [0.05, 0.1) is 0 Å². The smallest absolute Gasteiger partial charge is 0.000733 e. The van der Waals surface area contributed by atoms with Gasteiger partial charge in [0.25, 0.3) is 0 Å². The molecule has 0 saturated heterocycles. The number of hydrogen-bond acceptors (Lipinski definition) is 1. The molecule has 0 aromatic rings. The third-order valence-corrected chi connectivity index (χ3v) is 0.577. The summed E-state index contributed by atoms with van der Waals surface area (Å²) in [5.74, 6) is 0. The fourth-order valence-corrected chi connectivity index (χ4v) is 0. The molecule has 0 spiro atoms. The van der Waals surface area contributed by atoms with Gasteiger partial charge in [0.2, 0.25) is 0 Å². The zero-order chi connectivity index (χ0) is 4.28. The van der Waals surface area contributed by atoms with Crippen LogP contribution >= 0.6 is 0 Å². The minimum Gasteiger partial charge on any atom is -0.318 e. The summed E-state index contributed by atoms with van der Waals surface area (Å²) in [5, 5.41) is 3.03. The Morgan fingerprint density at radius 2 is 1.50 bits per heavy atom. The van der Waals surface area contributed by atoms with Crippen molar-refractivity contribution in [3.63, 3.8) is 0 Å². The van der Waals surface area contributed by atoms with Gasteiger partial charge in [-0.05, 0) is 7.05 Å². The van der Waals surface area contributed by atoms with Crippen molar-refractivity contribution in [3.8, 4) is 0 Å². The Morgan fingerprint density at radius 1 is 1.33 bits per heavy atom. The van der Waals surface area contributed by atoms with Crippen molar-refractivity contribution in [3.05, 3.63) is 0 Å². The molecule has 0 unspecified atom stereocenters. The van der Waals surface area contributed by atoms with E-state index in [1.807, 2.05) is 7.05 Å². The molecule has 0 aliphatic carbocycles. The Kier molecular flexibility index (Phi) is 9.70. The van der Waals surface area contributed by atoms with Crippen LogP contribution in [0.5, 0.6) is 0 Å². The van der Waals surface area contributed by atoms with Crippen LogP contribution in [0.3, 0.4) is 0 Å². The van der Waals surface area contributed by atoms with E-state index in [4.69, 9.17) is 0 Å². The van der Waals surface area contributed by atoms with Crippen LogP contribution in [-0.2, 0) is 26.2 Å². The first-order chi connectivity index (χ1) is 2.27. The van der Waals surface area contributed by atoms with E-state index in [0.717, 1.165) is 0 Å². The van der Waals surface area contributed by atoms with Crippen LogP contribution in [0.15, 0.2) is 0 Å². The van der Waals surface area contributed by atoms with Gasteiger partial charge in [-0.1, -0.05) is 13.8 Å². The summed E-state index contributed by atoms with van der Waals surface area (Å²) >= 11 is 0. The zero-order valence-corrected chi connectivity index (χ0v) is 7.04. The van der Waals surface area contributed by atoms with Gasteiger partial charge < -0.3 is 5.32 Å². The first kappa shape index (κ1) is 9.96. The first-order valence-corrected chi connectivity index (χ1v) is 1.94. The fourth-order valence-electron chi connectivity index (χ4n) is 0. The van der Waals surface area contributed by atoms with E-state index in [9.17, 15) is 0 Å². The summed E-state index contributed by atoms with van der Waals surface area (Å²) in [6, 6.07) is 0.634. The normalized spacial score (nSPS) is 8.00. The van der Waals surface area contributed by atoms with Crippen molar-refractivity contribution in [2.45, 2.75) is 19.9 Å². The molecular weight excluding hydrogens is 153 g/mol. The Morgan fingerprint density at radius 3 is 1.50 bits per heavy atom. The second-order valence-corrected chi connectivity index (χ2v) is 1.44. The van der Waals surface area contributed by atoms with Crippen molar-refractivity contribution in [2.24, 2.45) is 0 Å². The molecule has 0 heterocycles. The molecule has 0 fully saturated rings. The van der Waals surface area contributed by atoms with Crippen LogP contribution in [0.4, 0.5) is 0 Å². The molecule has 0 radical (unpaired) electrons. The average molecular weight is 164 g/mol. The van der Waals surface area contributed by atoms with Crippen molar-refractivity contribution < 1.29 is 26.2 Å². The van der Waals surface area contributed by atoms with Crippen molar-refractivity contribution in [1.82, 2.24) is 5.32 Å². The molecule has 0 bridgehead atoms. The van der Waals surface area contributed by atoms with Crippen molar-refractivity contribution in [1.29, 1.82) is 0 Å². The third-order valence-electron chi connectivity index (χ3n) is 0.577. The molecule has 0 aromatic carbocycles. The second kappa shape index (κ2) is 5.84. The van der Waals surface area contributed by atoms with E-state index in [1.165, 1.54) is 0 Å². The van der Waals surface area contributed by atoms with E-state index in [-0.39, 0.29) is 26.2 Å². The van der Waals surface area contributed by atoms with Crippen LogP contribution in [0.2, 0.25) is 0 Å². The predicted octanol–water partition coefficient (Wildman–Crippen LogP) is 0.612. The van der Waals surface area contributed by atoms with Gasteiger partial charge in [-0.25, -0.2) is 0 Å². The summed E-state index contributed by atoms with van der Waals surface area (Å²) in [6.07, 6.45) is 0. The van der Waals surface area contributed by atoms with Crippen LogP contribution in [0, 0.1) is 0 Å². The molecule has 1 nitrogen and oxygen atoms in total. The molecule has 0 saturated carbocycles. The number of hydrogen-bond donors (Lipinski definition) is 1. The standard InChI is InChI=1S/C4H11N.Zr/c1-4(2)5-3;/h4-5H,1-3H3;. The van der Waals surface area contributed by atoms with Gasteiger partial charge in [-0.15, -0.1) is 0 Å². The third kappa shape index (κ3) is 8.85. The van der Waals surface area contributed by atoms with E-state index < -0.39 is 0 Å². The molecule has 0 aliphatic heterocycles. The van der Waals surface area contributed by atoms with Gasteiger partial charge in [0, 0.05) is 32.2 Å². The number of rotatable bonds is 1. The van der Waals surface area contributed by atoms with E-state index in [2.05, 4.69) is 19.2 Å². The number of nitrogens with one attached hydrogen (secondary N) is 1. The maximum absolute atomic E-state index is 3.03. The zero-order valence-electron chi connectivity index (χ0n) is 4.58. The molecule has 6 heavy (non-hydrogen) atoms. The molecule has 0 aromatic heterocycles. The minimum absolute atomic E-state index is 0. The summed E-state index contributed by atoms with van der Waals surface area (Å²) in [7, 11) is 1.95. The Hall–Kier alpha value is 0.843. The Balaban J connectivity index is 0. The largest absolute Gasteiger partial charge is 0.318 e. The van der Waals surface area contributed by atoms with Crippen LogP contribution in [0.25, 0.3) is 0 Å². The maximum Gasteiger partial charge on any atom is 0.000733 e. The van der Waals surface area contributed by atoms with Crippen LogP contribution in [-0.4, -0.2) is 13.1 Å². The van der Waals surface area contributed by atoms with Crippen LogP contribution < -0.4 is 5.32 Å². The van der Waals surface area contributed by atoms with Crippen LogP contribution in [0.1, 0.15) is 13.8 Å². The van der Waals surface area contributed by atoms with Gasteiger partial charge >= 0.3 is 0 Å². The molecule has 0 atom stereocenters. The maximum atomic E-state index is 3.03. The SMILES string of the molecule is CNC(C)C.[Zr]. The molecular formula is C4H11NZr. The topological polar surface area (TPSA) is 12.0 Å². The summed E-state index contributed by atoms with van der Waals surface area (Å²) in [5.41, 5.74) is 0. The second-order valence-electron chi connectivity index (χ2n) is 1.44. The van der Waals surface area contributed by atoms with Crippen molar-refractivity contribution >= 4 is 0 Å². The summed E-state index contributed by atoms with van der Waals surface area (Å²) in [6.45, 7) is 4.22. The molecule has 0 rings (SSSR count). The molecule has 1 N–H and O–H groups in total. The Labute approximate surface area is 58.6 Å². The summed E-state index contributed by atoms with van der Waals surface area (Å²) in [4.78, 5) is 0. The van der Waals surface area contributed by atoms with Gasteiger partial charge in [-0.3, -0.25) is 0 Å². The van der Waals surface area contributed by atoms with Crippen molar-refractivity contribution in [2.75, 3.05) is 7.05 Å². The molecule has 0 aliphatic rings. The summed E-state index contributed by atoms with van der Waals surface area (Å²) < 4.78 is 0. The Bertz CT molecular complexity index is 21.5. The average Bonchev–Trinajstić information content (AvgIpc) is 1.38. The van der Waals surface area contributed by atoms with E-state index >= 15 is 0 Å². The minimum atomic E-state index is 0. The first-order valence-electron chi connectivity index (χ1n) is 1.94. The molecule has 0 amide bonds. The van der Waals surface area contributed by atoms with E-state index in [1.54, 1.807) is 0 Å². The van der Waals surface area contributed by atoms with Gasteiger partial charge in [-0.2, -0.15) is 0 Å². The van der Waals surface area contributed by atoms with Gasteiger partial charge in [0.15, 0.2) is 0 Å².